The first-order valence-corrected chi connectivity index (χ1v) is 19.5. The molecular weight excluding hydrogens is 708 g/mol. The van der Waals surface area contributed by atoms with Gasteiger partial charge in [-0.15, -0.1) is 0 Å². The number of carbonyl (C=O) groups excluding carboxylic acids is 2. The molecule has 10 heteroatoms. The molecule has 3 unspecified atom stereocenters. The van der Waals surface area contributed by atoms with Crippen molar-refractivity contribution in [2.45, 2.75) is 38.1 Å². The van der Waals surface area contributed by atoms with Crippen LogP contribution in [0.2, 0.25) is 0 Å². The SMILES string of the molecule is COc1ccc(C2C(CCC(O)c3ccc(F)cc3)C(=O)N2c2ccc(CNC(=O)c3ccc(Oc4ccc(C[N+]56CCN(CC5)CC6)cc4)cc3)cc2)cc1. The highest BCUT2D eigenvalue weighted by atomic mass is 19.1. The Balaban J connectivity index is 0.853. The van der Waals surface area contributed by atoms with Gasteiger partial charge in [0, 0.05) is 43.0 Å². The van der Waals surface area contributed by atoms with Crippen LogP contribution in [0.25, 0.3) is 0 Å². The highest BCUT2D eigenvalue weighted by molar-refractivity contribution is 6.03. The zero-order valence-electron chi connectivity index (χ0n) is 31.6. The summed E-state index contributed by atoms with van der Waals surface area (Å²) in [6.45, 7) is 8.70. The number of hydrogen-bond donors (Lipinski definition) is 2. The van der Waals surface area contributed by atoms with Crippen molar-refractivity contribution in [2.75, 3.05) is 51.3 Å². The molecule has 4 aliphatic heterocycles. The van der Waals surface area contributed by atoms with Crippen molar-refractivity contribution in [3.05, 3.63) is 155 Å². The van der Waals surface area contributed by atoms with Crippen LogP contribution in [0.15, 0.2) is 121 Å². The average Bonchev–Trinajstić information content (AvgIpc) is 3.24. The first-order chi connectivity index (χ1) is 27.3. The number of carbonyl (C=O) groups is 2. The van der Waals surface area contributed by atoms with Gasteiger partial charge in [-0.2, -0.15) is 0 Å². The van der Waals surface area contributed by atoms with Crippen LogP contribution in [-0.4, -0.2) is 72.7 Å². The lowest BCUT2D eigenvalue weighted by atomic mass is 9.78. The minimum absolute atomic E-state index is 0.0263. The summed E-state index contributed by atoms with van der Waals surface area (Å²) in [6.07, 6.45) is 0.0272. The van der Waals surface area contributed by atoms with E-state index in [9.17, 15) is 19.1 Å². The molecule has 3 atom stereocenters. The summed E-state index contributed by atoms with van der Waals surface area (Å²) < 4.78 is 26.1. The molecule has 0 aromatic heterocycles. The molecule has 4 fully saturated rings. The van der Waals surface area contributed by atoms with E-state index in [4.69, 9.17) is 9.47 Å². The number of aliphatic hydroxyl groups is 1. The minimum atomic E-state index is -0.804. The number of hydrogen-bond acceptors (Lipinski definition) is 6. The van der Waals surface area contributed by atoms with Crippen molar-refractivity contribution in [1.82, 2.24) is 10.2 Å². The summed E-state index contributed by atoms with van der Waals surface area (Å²) in [5, 5.41) is 13.8. The Morgan fingerprint density at radius 1 is 0.804 bits per heavy atom. The maximum absolute atomic E-state index is 13.7. The fourth-order valence-corrected chi connectivity index (χ4v) is 8.38. The van der Waals surface area contributed by atoms with Crippen LogP contribution < -0.4 is 19.7 Å². The third kappa shape index (κ3) is 8.18. The summed E-state index contributed by atoms with van der Waals surface area (Å²) in [4.78, 5) is 31.1. The summed E-state index contributed by atoms with van der Waals surface area (Å²) >= 11 is 0. The molecule has 56 heavy (non-hydrogen) atoms. The average molecular weight is 756 g/mol. The Morgan fingerprint density at radius 2 is 1.39 bits per heavy atom. The van der Waals surface area contributed by atoms with Crippen LogP contribution >= 0.6 is 0 Å². The molecule has 288 valence electrons. The van der Waals surface area contributed by atoms with Crippen molar-refractivity contribution in [3.63, 3.8) is 0 Å². The molecule has 2 bridgehead atoms. The summed E-state index contributed by atoms with van der Waals surface area (Å²) in [5.41, 5.74) is 5.10. The second kappa shape index (κ2) is 16.3. The van der Waals surface area contributed by atoms with E-state index in [0.717, 1.165) is 34.9 Å². The molecule has 9 rings (SSSR count). The van der Waals surface area contributed by atoms with Crippen molar-refractivity contribution in [2.24, 2.45) is 5.92 Å². The molecule has 2 N–H and O–H groups in total. The standard InChI is InChI=1S/C46H47FN4O5/c1-55-39-18-8-35(9-19-39)44-42(22-23-43(52)34-6-12-37(47)13-7-34)46(54)50(44)38-14-2-32(3-15-38)30-48-45(53)36-10-20-41(21-11-36)56-40-16-4-33(5-17-40)31-51-27-24-49(25-28-51)26-29-51/h2-21,42-44,52H,22-31H2,1H3/p+1. The fourth-order valence-electron chi connectivity index (χ4n) is 8.38. The van der Waals surface area contributed by atoms with E-state index < -0.39 is 6.10 Å². The lowest BCUT2D eigenvalue weighted by Gasteiger charge is -2.50. The van der Waals surface area contributed by atoms with Crippen molar-refractivity contribution >= 4 is 17.5 Å². The molecule has 4 aliphatic rings. The molecule has 5 aromatic rings. The number of aliphatic hydroxyl groups excluding tert-OH is 1. The molecular formula is C46H48FN4O5+. The Labute approximate surface area is 327 Å². The first-order valence-electron chi connectivity index (χ1n) is 19.5. The number of piperazine rings is 3. The third-order valence-electron chi connectivity index (χ3n) is 11.8. The predicted octanol–water partition coefficient (Wildman–Crippen LogP) is 7.42. The number of methoxy groups -OCH3 is 1. The van der Waals surface area contributed by atoms with Crippen LogP contribution in [0.3, 0.4) is 0 Å². The van der Waals surface area contributed by atoms with Crippen LogP contribution in [0, 0.1) is 11.7 Å². The van der Waals surface area contributed by atoms with Crippen LogP contribution in [0.5, 0.6) is 17.2 Å². The fraction of sp³-hybridized carbons (Fsp3) is 0.304. The first kappa shape index (κ1) is 37.4. The number of fused-ring (bicyclic) bond motifs is 3. The van der Waals surface area contributed by atoms with Gasteiger partial charge >= 0.3 is 0 Å². The van der Waals surface area contributed by atoms with E-state index in [2.05, 4.69) is 22.3 Å². The monoisotopic (exact) mass is 755 g/mol. The Kier molecular flexibility index (Phi) is 10.9. The summed E-state index contributed by atoms with van der Waals surface area (Å²) in [6, 6.07) is 36.4. The number of anilines is 1. The number of amides is 2. The van der Waals surface area contributed by atoms with Crippen LogP contribution in [0.4, 0.5) is 10.1 Å². The van der Waals surface area contributed by atoms with E-state index in [1.165, 1.54) is 61.4 Å². The lowest BCUT2D eigenvalue weighted by molar-refractivity contribution is -0.953. The minimum Gasteiger partial charge on any atom is -0.497 e. The number of nitrogens with zero attached hydrogens (tertiary/aromatic N) is 3. The van der Waals surface area contributed by atoms with Gasteiger partial charge in [-0.25, -0.2) is 4.39 Å². The number of halogens is 1. The van der Waals surface area contributed by atoms with Gasteiger partial charge in [0.1, 0.15) is 29.6 Å². The largest absolute Gasteiger partial charge is 0.497 e. The van der Waals surface area contributed by atoms with Gasteiger partial charge < -0.3 is 29.3 Å². The summed E-state index contributed by atoms with van der Waals surface area (Å²) in [7, 11) is 1.61. The smallest absolute Gasteiger partial charge is 0.251 e. The maximum Gasteiger partial charge on any atom is 0.251 e. The number of benzene rings is 5. The normalized spacial score (nSPS) is 21.9. The lowest BCUT2D eigenvalue weighted by Crippen LogP contribution is -2.66. The molecule has 2 amide bonds. The second-order valence-electron chi connectivity index (χ2n) is 15.3. The molecule has 5 aromatic carbocycles. The second-order valence-corrected chi connectivity index (χ2v) is 15.3. The molecule has 4 saturated heterocycles. The predicted molar refractivity (Wildman–Crippen MR) is 213 cm³/mol. The van der Waals surface area contributed by atoms with E-state index in [1.54, 1.807) is 36.3 Å². The van der Waals surface area contributed by atoms with Gasteiger partial charge in [0.2, 0.25) is 5.91 Å². The number of quaternary nitrogens is 1. The van der Waals surface area contributed by atoms with Gasteiger partial charge in [0.25, 0.3) is 5.91 Å². The van der Waals surface area contributed by atoms with Crippen molar-refractivity contribution in [3.8, 4) is 17.2 Å². The van der Waals surface area contributed by atoms with Crippen molar-refractivity contribution in [1.29, 1.82) is 0 Å². The molecule has 0 radical (unpaired) electrons. The Bertz CT molecular complexity index is 2100. The van der Waals surface area contributed by atoms with Crippen LogP contribution in [-0.2, 0) is 17.9 Å². The molecule has 9 nitrogen and oxygen atoms in total. The molecule has 0 spiro atoms. The molecule has 0 aliphatic carbocycles. The Morgan fingerprint density at radius 3 is 2.02 bits per heavy atom. The highest BCUT2D eigenvalue weighted by Gasteiger charge is 2.48. The molecule has 0 saturated carbocycles. The van der Waals surface area contributed by atoms with E-state index in [0.29, 0.717) is 36.3 Å². The highest BCUT2D eigenvalue weighted by Crippen LogP contribution is 2.46. The van der Waals surface area contributed by atoms with Crippen molar-refractivity contribution < 1.29 is 33.0 Å². The zero-order valence-corrected chi connectivity index (χ0v) is 31.6. The quantitative estimate of drug-likeness (QED) is 0.0907. The van der Waals surface area contributed by atoms with Gasteiger partial charge in [-0.3, -0.25) is 14.5 Å². The topological polar surface area (TPSA) is 91.3 Å². The van der Waals surface area contributed by atoms with Gasteiger partial charge in [0.05, 0.1) is 44.8 Å². The van der Waals surface area contributed by atoms with E-state index in [1.807, 2.05) is 72.8 Å². The number of ether oxygens (including phenoxy) is 2. The van der Waals surface area contributed by atoms with Crippen LogP contribution in [0.1, 0.15) is 57.6 Å². The maximum atomic E-state index is 13.7. The molecule has 4 heterocycles. The Hall–Kier alpha value is -5.55. The third-order valence-corrected chi connectivity index (χ3v) is 11.8. The van der Waals surface area contributed by atoms with Gasteiger partial charge in [0.15, 0.2) is 0 Å². The van der Waals surface area contributed by atoms with E-state index in [-0.39, 0.29) is 29.6 Å². The summed E-state index contributed by atoms with van der Waals surface area (Å²) in [5.74, 6) is 1.24. The number of rotatable bonds is 14. The van der Waals surface area contributed by atoms with Gasteiger partial charge in [-0.1, -0.05) is 36.4 Å². The van der Waals surface area contributed by atoms with E-state index >= 15 is 0 Å². The number of β-lactam (4-membered cyclic amide) rings is 1. The van der Waals surface area contributed by atoms with Gasteiger partial charge in [-0.05, 0) is 114 Å². The number of nitrogens with one attached hydrogen (secondary N) is 1. The zero-order chi connectivity index (χ0) is 38.6.